The molecule has 1 N–H and O–H groups in total. The molecule has 8 nitrogen and oxygen atoms in total. The van der Waals surface area contributed by atoms with Crippen LogP contribution >= 0.6 is 0 Å². The van der Waals surface area contributed by atoms with Gasteiger partial charge in [-0.05, 0) is 40.5 Å². The number of rotatable bonds is 8. The normalized spacial score (nSPS) is 10.3. The van der Waals surface area contributed by atoms with Crippen molar-refractivity contribution >= 4 is 17.6 Å². The summed E-state index contributed by atoms with van der Waals surface area (Å²) in [6, 6.07) is 21.0. The summed E-state index contributed by atoms with van der Waals surface area (Å²) in [5.41, 5.74) is 3.83. The molecule has 3 aromatic rings. The first-order valence-corrected chi connectivity index (χ1v) is 10.1. The highest BCUT2D eigenvalue weighted by Crippen LogP contribution is 2.27. The Labute approximate surface area is 190 Å². The van der Waals surface area contributed by atoms with E-state index in [2.05, 4.69) is 6.07 Å². The third-order valence-electron chi connectivity index (χ3n) is 5.22. The topological polar surface area (TPSA) is 125 Å². The van der Waals surface area contributed by atoms with Gasteiger partial charge < -0.3 is 10.0 Å². The number of benzene rings is 3. The van der Waals surface area contributed by atoms with Gasteiger partial charge in [-0.25, -0.2) is 4.79 Å². The van der Waals surface area contributed by atoms with Gasteiger partial charge in [0.15, 0.2) is 0 Å². The number of carbonyl (C=O) groups excluding carboxylic acids is 1. The quantitative estimate of drug-likeness (QED) is 0.409. The van der Waals surface area contributed by atoms with Crippen molar-refractivity contribution in [1.29, 1.82) is 5.26 Å². The van der Waals surface area contributed by atoms with Crippen molar-refractivity contribution in [2.75, 3.05) is 11.4 Å². The second kappa shape index (κ2) is 10.2. The maximum absolute atomic E-state index is 12.5. The first-order chi connectivity index (χ1) is 15.8. The van der Waals surface area contributed by atoms with E-state index in [4.69, 9.17) is 0 Å². The van der Waals surface area contributed by atoms with Crippen LogP contribution in [0.4, 0.5) is 5.69 Å². The zero-order chi connectivity index (χ0) is 24.0. The molecule has 0 radical (unpaired) electrons. The second-order valence-corrected chi connectivity index (χ2v) is 7.41. The number of nitro groups is 1. The van der Waals surface area contributed by atoms with E-state index in [0.717, 1.165) is 16.7 Å². The van der Waals surface area contributed by atoms with Crippen molar-refractivity contribution in [3.8, 4) is 17.2 Å². The van der Waals surface area contributed by atoms with Crippen LogP contribution < -0.4 is 4.90 Å². The molecule has 33 heavy (non-hydrogen) atoms. The molecular weight excluding hydrogens is 422 g/mol. The van der Waals surface area contributed by atoms with Crippen molar-refractivity contribution in [2.24, 2.45) is 0 Å². The smallest absolute Gasteiger partial charge is 0.335 e. The number of aromatic carboxylic acids is 1. The fourth-order valence-electron chi connectivity index (χ4n) is 3.54. The SMILES string of the molecule is CC(=O)N(Cc1ccc(-c2ccccc2C#N)cc1)c1cc(C(=O)O)ccc1CC[N+](=O)[O-]. The molecular formula is C25H21N3O5. The van der Waals surface area contributed by atoms with Crippen LogP contribution in [0.1, 0.15) is 34.0 Å². The standard InChI is InChI=1S/C25H21N3O5/c1-17(29)27(24-14-21(25(30)31)11-10-20(24)12-13-28(32)33)16-18-6-8-19(9-7-18)23-5-3-2-4-22(23)15-26/h2-11,14H,12-13,16H2,1H3,(H,30,31). The number of carboxylic acids is 1. The van der Waals surface area contributed by atoms with Crippen LogP contribution in [0.2, 0.25) is 0 Å². The number of hydrogen-bond acceptors (Lipinski definition) is 5. The Kier molecular flexibility index (Phi) is 7.16. The minimum absolute atomic E-state index is 0.00967. The van der Waals surface area contributed by atoms with Gasteiger partial charge in [-0.15, -0.1) is 0 Å². The molecule has 3 rings (SSSR count). The lowest BCUT2D eigenvalue weighted by atomic mass is 9.99. The van der Waals surface area contributed by atoms with Crippen LogP contribution in [0.3, 0.4) is 0 Å². The molecule has 0 bridgehead atoms. The van der Waals surface area contributed by atoms with Crippen molar-refractivity contribution in [3.05, 3.63) is 99.1 Å². The molecule has 0 aliphatic heterocycles. The monoisotopic (exact) mass is 443 g/mol. The van der Waals surface area contributed by atoms with Crippen LogP contribution in [0.25, 0.3) is 11.1 Å². The molecule has 0 saturated carbocycles. The average molecular weight is 443 g/mol. The van der Waals surface area contributed by atoms with E-state index in [1.54, 1.807) is 12.1 Å². The Morgan fingerprint density at radius 1 is 1.09 bits per heavy atom. The first kappa shape index (κ1) is 23.2. The number of carbonyl (C=O) groups is 2. The lowest BCUT2D eigenvalue weighted by molar-refractivity contribution is -0.479. The van der Waals surface area contributed by atoms with E-state index in [9.17, 15) is 30.1 Å². The highest BCUT2D eigenvalue weighted by molar-refractivity contribution is 5.95. The van der Waals surface area contributed by atoms with Gasteiger partial charge in [-0.1, -0.05) is 48.5 Å². The molecule has 0 heterocycles. The van der Waals surface area contributed by atoms with Gasteiger partial charge in [0.1, 0.15) is 0 Å². The minimum atomic E-state index is -1.15. The van der Waals surface area contributed by atoms with Crippen LogP contribution in [0, 0.1) is 21.4 Å². The number of amides is 1. The maximum atomic E-state index is 12.5. The predicted molar refractivity (Wildman–Crippen MR) is 122 cm³/mol. The molecule has 1 amide bonds. The van der Waals surface area contributed by atoms with Gasteiger partial charge in [0.05, 0.1) is 23.7 Å². The largest absolute Gasteiger partial charge is 0.478 e. The van der Waals surface area contributed by atoms with Gasteiger partial charge >= 0.3 is 5.97 Å². The van der Waals surface area contributed by atoms with Crippen molar-refractivity contribution in [3.63, 3.8) is 0 Å². The Balaban J connectivity index is 1.94. The van der Waals surface area contributed by atoms with E-state index in [1.807, 2.05) is 36.4 Å². The summed E-state index contributed by atoms with van der Waals surface area (Å²) >= 11 is 0. The highest BCUT2D eigenvalue weighted by atomic mass is 16.6. The van der Waals surface area contributed by atoms with Gasteiger partial charge in [-0.3, -0.25) is 14.9 Å². The van der Waals surface area contributed by atoms with Crippen molar-refractivity contribution < 1.29 is 19.6 Å². The van der Waals surface area contributed by atoms with Crippen LogP contribution in [0.5, 0.6) is 0 Å². The fraction of sp³-hybridized carbons (Fsp3) is 0.160. The molecule has 3 aromatic carbocycles. The van der Waals surface area contributed by atoms with E-state index < -0.39 is 10.9 Å². The highest BCUT2D eigenvalue weighted by Gasteiger charge is 2.19. The number of nitrogens with zero attached hydrogens (tertiary/aromatic N) is 3. The summed E-state index contributed by atoms with van der Waals surface area (Å²) in [6.07, 6.45) is 0.0654. The Morgan fingerprint density at radius 3 is 2.39 bits per heavy atom. The Hall–Kier alpha value is -4.51. The Morgan fingerprint density at radius 2 is 1.79 bits per heavy atom. The summed E-state index contributed by atoms with van der Waals surface area (Å²) in [5, 5.41) is 29.6. The van der Waals surface area contributed by atoms with E-state index in [-0.39, 0.29) is 31.0 Å². The second-order valence-electron chi connectivity index (χ2n) is 7.41. The molecule has 0 spiro atoms. The summed E-state index contributed by atoms with van der Waals surface area (Å²) in [5.74, 6) is -1.47. The lowest BCUT2D eigenvalue weighted by Crippen LogP contribution is -2.29. The average Bonchev–Trinajstić information content (AvgIpc) is 2.81. The van der Waals surface area contributed by atoms with Crippen LogP contribution in [0.15, 0.2) is 66.7 Å². The summed E-state index contributed by atoms with van der Waals surface area (Å²) < 4.78 is 0. The van der Waals surface area contributed by atoms with Crippen molar-refractivity contribution in [1.82, 2.24) is 0 Å². The molecule has 0 aliphatic rings. The zero-order valence-electron chi connectivity index (χ0n) is 17.9. The molecule has 0 saturated heterocycles. The number of hydrogen-bond donors (Lipinski definition) is 1. The molecule has 166 valence electrons. The summed E-state index contributed by atoms with van der Waals surface area (Å²) in [4.78, 5) is 35.8. The molecule has 0 unspecified atom stereocenters. The van der Waals surface area contributed by atoms with Crippen LogP contribution in [-0.2, 0) is 17.8 Å². The maximum Gasteiger partial charge on any atom is 0.335 e. The summed E-state index contributed by atoms with van der Waals surface area (Å²) in [6.45, 7) is 1.18. The number of carboxylic acid groups (broad SMARTS) is 1. The van der Waals surface area contributed by atoms with E-state index >= 15 is 0 Å². The van der Waals surface area contributed by atoms with Crippen LogP contribution in [-0.4, -0.2) is 28.5 Å². The third-order valence-corrected chi connectivity index (χ3v) is 5.22. The minimum Gasteiger partial charge on any atom is -0.478 e. The van der Waals surface area contributed by atoms with Gasteiger partial charge in [-0.2, -0.15) is 5.26 Å². The first-order valence-electron chi connectivity index (χ1n) is 10.1. The Bertz CT molecular complexity index is 1250. The molecule has 0 aliphatic carbocycles. The van der Waals surface area contributed by atoms with E-state index in [1.165, 1.54) is 30.0 Å². The molecule has 0 atom stereocenters. The number of anilines is 1. The molecule has 0 fully saturated rings. The number of nitriles is 1. The fourth-order valence-corrected chi connectivity index (χ4v) is 3.54. The molecule has 0 aromatic heterocycles. The third kappa shape index (κ3) is 5.60. The predicted octanol–water partition coefficient (Wildman–Crippen LogP) is 4.30. The van der Waals surface area contributed by atoms with Gasteiger partial charge in [0, 0.05) is 24.0 Å². The lowest BCUT2D eigenvalue weighted by Gasteiger charge is -2.24. The van der Waals surface area contributed by atoms with Gasteiger partial charge in [0.25, 0.3) is 0 Å². The zero-order valence-corrected chi connectivity index (χ0v) is 17.9. The van der Waals surface area contributed by atoms with Crippen molar-refractivity contribution in [2.45, 2.75) is 19.9 Å². The summed E-state index contributed by atoms with van der Waals surface area (Å²) in [7, 11) is 0. The van der Waals surface area contributed by atoms with E-state index in [0.29, 0.717) is 16.8 Å². The van der Waals surface area contributed by atoms with Gasteiger partial charge in [0.2, 0.25) is 12.5 Å². The molecule has 8 heteroatoms.